The molecule has 0 amide bonds. The smallest absolute Gasteiger partial charge is 0.281 e. The Labute approximate surface area is 156 Å². The first-order chi connectivity index (χ1) is 12.2. The fourth-order valence-corrected chi connectivity index (χ4v) is 4.67. The molecule has 3 aromatic rings. The average Bonchev–Trinajstić information content (AvgIpc) is 2.89. The van der Waals surface area contributed by atoms with Gasteiger partial charge in [-0.1, -0.05) is 22.9 Å². The van der Waals surface area contributed by atoms with E-state index in [0.717, 1.165) is 23.5 Å². The number of rotatable bonds is 4. The van der Waals surface area contributed by atoms with Crippen molar-refractivity contribution in [2.75, 3.05) is 10.5 Å². The molecule has 0 atom stereocenters. The number of nitrogen functional groups attached to an aromatic ring is 1. The van der Waals surface area contributed by atoms with Crippen molar-refractivity contribution in [3.8, 4) is 11.3 Å². The van der Waals surface area contributed by atoms with E-state index in [4.69, 9.17) is 17.3 Å². The van der Waals surface area contributed by atoms with Crippen molar-refractivity contribution in [3.05, 3.63) is 52.0 Å². The molecule has 26 heavy (non-hydrogen) atoms. The number of benzene rings is 1. The molecule has 0 saturated carbocycles. The molecule has 11 heteroatoms. The van der Waals surface area contributed by atoms with Crippen molar-refractivity contribution in [3.63, 3.8) is 0 Å². The summed E-state index contributed by atoms with van der Waals surface area (Å²) in [5, 5.41) is -0.236. The van der Waals surface area contributed by atoms with E-state index in [-0.39, 0.29) is 25.8 Å². The molecule has 1 aromatic carbocycles. The van der Waals surface area contributed by atoms with Crippen molar-refractivity contribution in [2.45, 2.75) is 11.9 Å². The third kappa shape index (κ3) is 3.62. The normalized spacial score (nSPS) is 11.5. The largest absolute Gasteiger partial charge is 0.397 e. The molecule has 0 unspecified atom stereocenters. The number of nitrogens with two attached hydrogens (primary N) is 1. The maximum Gasteiger partial charge on any atom is 0.281 e. The van der Waals surface area contributed by atoms with Gasteiger partial charge in [0.25, 0.3) is 10.0 Å². The maximum atomic E-state index is 13.4. The number of halogens is 3. The van der Waals surface area contributed by atoms with Gasteiger partial charge in [0, 0.05) is 5.56 Å². The van der Waals surface area contributed by atoms with Crippen LogP contribution in [0.5, 0.6) is 0 Å². The molecule has 3 rings (SSSR count). The molecule has 0 spiro atoms. The van der Waals surface area contributed by atoms with Crippen molar-refractivity contribution in [1.29, 1.82) is 0 Å². The van der Waals surface area contributed by atoms with Gasteiger partial charge in [-0.2, -0.15) is 8.42 Å². The molecule has 0 saturated heterocycles. The molecule has 136 valence electrons. The number of thiazole rings is 1. The second kappa shape index (κ2) is 6.78. The molecule has 3 N–H and O–H groups in total. The minimum Gasteiger partial charge on any atom is -0.397 e. The summed E-state index contributed by atoms with van der Waals surface area (Å²) in [7, 11) is -4.02. The zero-order valence-electron chi connectivity index (χ0n) is 13.1. The van der Waals surface area contributed by atoms with Gasteiger partial charge >= 0.3 is 0 Å². The summed E-state index contributed by atoms with van der Waals surface area (Å²) in [4.78, 5) is 7.89. The summed E-state index contributed by atoms with van der Waals surface area (Å²) >= 11 is 6.92. The summed E-state index contributed by atoms with van der Waals surface area (Å²) in [5.41, 5.74) is 6.62. The molecule has 2 heterocycles. The van der Waals surface area contributed by atoms with Crippen LogP contribution in [0.25, 0.3) is 11.3 Å². The highest BCUT2D eigenvalue weighted by molar-refractivity contribution is 7.92. The standard InChI is InChI=1S/C15H11ClF2N4O2S2/c1-7-4-9(19)6-20-14(7)26(23,24)22-15-21-12(13(16)25-15)8-2-3-10(17)11(18)5-8/h2-6H,19H2,1H3,(H,21,22). The van der Waals surface area contributed by atoms with E-state index in [1.165, 1.54) is 18.3 Å². The van der Waals surface area contributed by atoms with Crippen LogP contribution in [0, 0.1) is 18.6 Å². The van der Waals surface area contributed by atoms with Crippen LogP contribution in [0.2, 0.25) is 4.34 Å². The van der Waals surface area contributed by atoms with Crippen LogP contribution in [0.4, 0.5) is 19.6 Å². The molecule has 6 nitrogen and oxygen atoms in total. The quantitative estimate of drug-likeness (QED) is 0.673. The summed E-state index contributed by atoms with van der Waals surface area (Å²) < 4.78 is 53.8. The van der Waals surface area contributed by atoms with E-state index in [1.807, 2.05) is 0 Å². The lowest BCUT2D eigenvalue weighted by Crippen LogP contribution is -2.16. The van der Waals surface area contributed by atoms with E-state index >= 15 is 0 Å². The van der Waals surface area contributed by atoms with Gasteiger partial charge in [0.1, 0.15) is 10.0 Å². The average molecular weight is 417 g/mol. The molecule has 0 aliphatic heterocycles. The minimum absolute atomic E-state index is 0.0345. The van der Waals surface area contributed by atoms with Crippen LogP contribution < -0.4 is 10.5 Å². The SMILES string of the molecule is Cc1cc(N)cnc1S(=O)(=O)Nc1nc(-c2ccc(F)c(F)c2)c(Cl)s1. The van der Waals surface area contributed by atoms with Crippen LogP contribution in [-0.4, -0.2) is 18.4 Å². The highest BCUT2D eigenvalue weighted by atomic mass is 35.5. The van der Waals surface area contributed by atoms with Crippen LogP contribution >= 0.6 is 22.9 Å². The van der Waals surface area contributed by atoms with E-state index in [2.05, 4.69) is 14.7 Å². The van der Waals surface area contributed by atoms with Gasteiger partial charge in [-0.25, -0.2) is 18.7 Å². The number of hydrogen-bond acceptors (Lipinski definition) is 6. The fourth-order valence-electron chi connectivity index (χ4n) is 2.20. The van der Waals surface area contributed by atoms with Gasteiger partial charge < -0.3 is 5.73 Å². The first-order valence-corrected chi connectivity index (χ1v) is 9.72. The lowest BCUT2D eigenvalue weighted by molar-refractivity contribution is 0.509. The van der Waals surface area contributed by atoms with Crippen molar-refractivity contribution < 1.29 is 17.2 Å². The molecule has 0 radical (unpaired) electrons. The van der Waals surface area contributed by atoms with Gasteiger partial charge in [-0.15, -0.1) is 0 Å². The molecule has 0 aliphatic rings. The highest BCUT2D eigenvalue weighted by Crippen LogP contribution is 2.36. The summed E-state index contributed by atoms with van der Waals surface area (Å²) in [6.07, 6.45) is 1.23. The Morgan fingerprint density at radius 3 is 2.62 bits per heavy atom. The topological polar surface area (TPSA) is 98.0 Å². The van der Waals surface area contributed by atoms with Gasteiger partial charge in [-0.05, 0) is 36.8 Å². The fraction of sp³-hybridized carbons (Fsp3) is 0.0667. The van der Waals surface area contributed by atoms with Crippen molar-refractivity contribution in [1.82, 2.24) is 9.97 Å². The maximum absolute atomic E-state index is 13.4. The number of aromatic nitrogens is 2. The van der Waals surface area contributed by atoms with E-state index in [9.17, 15) is 17.2 Å². The lowest BCUT2D eigenvalue weighted by atomic mass is 10.2. The van der Waals surface area contributed by atoms with Crippen LogP contribution in [0.1, 0.15) is 5.56 Å². The Morgan fingerprint density at radius 2 is 1.96 bits per heavy atom. The third-order valence-corrected chi connectivity index (χ3v) is 6.00. The Bertz CT molecular complexity index is 1100. The van der Waals surface area contributed by atoms with E-state index < -0.39 is 21.7 Å². The zero-order chi connectivity index (χ0) is 19.1. The summed E-state index contributed by atoms with van der Waals surface area (Å²) in [6, 6.07) is 4.64. The van der Waals surface area contributed by atoms with E-state index in [0.29, 0.717) is 11.3 Å². The van der Waals surface area contributed by atoms with Crippen molar-refractivity contribution >= 4 is 43.8 Å². The number of nitrogens with zero attached hydrogens (tertiary/aromatic N) is 2. The third-order valence-electron chi connectivity index (χ3n) is 3.31. The number of pyridine rings is 1. The van der Waals surface area contributed by atoms with Crippen LogP contribution in [0.15, 0.2) is 35.5 Å². The second-order valence-corrected chi connectivity index (χ2v) is 8.47. The summed E-state index contributed by atoms with van der Waals surface area (Å²) in [6.45, 7) is 1.56. The highest BCUT2D eigenvalue weighted by Gasteiger charge is 2.22. The Hall–Kier alpha value is -2.30. The van der Waals surface area contributed by atoms with Gasteiger partial charge in [0.2, 0.25) is 0 Å². The number of sulfonamides is 1. The minimum atomic E-state index is -4.02. The monoisotopic (exact) mass is 416 g/mol. The Morgan fingerprint density at radius 1 is 1.23 bits per heavy atom. The molecule has 0 aliphatic carbocycles. The molecular weight excluding hydrogens is 406 g/mol. The lowest BCUT2D eigenvalue weighted by Gasteiger charge is -2.07. The Balaban J connectivity index is 1.95. The number of nitrogens with one attached hydrogen (secondary N) is 1. The summed E-state index contributed by atoms with van der Waals surface area (Å²) in [5.74, 6) is -2.07. The zero-order valence-corrected chi connectivity index (χ0v) is 15.5. The molecule has 0 bridgehead atoms. The molecular formula is C15H11ClF2N4O2S2. The van der Waals surface area contributed by atoms with E-state index in [1.54, 1.807) is 6.92 Å². The first kappa shape index (κ1) is 18.5. The number of aryl methyl sites for hydroxylation is 1. The number of hydrogen-bond donors (Lipinski definition) is 2. The Kier molecular flexibility index (Phi) is 4.82. The first-order valence-electron chi connectivity index (χ1n) is 7.04. The van der Waals surface area contributed by atoms with Gasteiger partial charge in [-0.3, -0.25) is 4.72 Å². The predicted molar refractivity (Wildman–Crippen MR) is 96.7 cm³/mol. The van der Waals surface area contributed by atoms with Crippen LogP contribution in [-0.2, 0) is 10.0 Å². The van der Waals surface area contributed by atoms with Gasteiger partial charge in [0.15, 0.2) is 21.8 Å². The molecule has 0 fully saturated rings. The van der Waals surface area contributed by atoms with Crippen molar-refractivity contribution in [2.24, 2.45) is 0 Å². The molecule has 2 aromatic heterocycles. The van der Waals surface area contributed by atoms with Gasteiger partial charge in [0.05, 0.1) is 11.9 Å². The number of anilines is 2. The van der Waals surface area contributed by atoms with Crippen LogP contribution in [0.3, 0.4) is 0 Å². The second-order valence-electron chi connectivity index (χ2n) is 5.27. The predicted octanol–water partition coefficient (Wildman–Crippen LogP) is 3.83.